The first-order chi connectivity index (χ1) is 12.8. The van der Waals surface area contributed by atoms with Crippen molar-refractivity contribution in [1.82, 2.24) is 0 Å². The molecule has 0 unspecified atom stereocenters. The van der Waals surface area contributed by atoms with Crippen LogP contribution in [-0.2, 0) is 0 Å². The highest BCUT2D eigenvalue weighted by Gasteiger charge is 2.22. The van der Waals surface area contributed by atoms with Crippen LogP contribution in [0.25, 0.3) is 10.8 Å². The van der Waals surface area contributed by atoms with Gasteiger partial charge < -0.3 is 5.11 Å². The molecule has 1 nitrogen and oxygen atoms in total. The molecule has 0 bridgehead atoms. The van der Waals surface area contributed by atoms with Crippen LogP contribution in [0.15, 0.2) is 36.4 Å². The zero-order valence-electron chi connectivity index (χ0n) is 16.6. The first kappa shape index (κ1) is 19.3. The van der Waals surface area contributed by atoms with Gasteiger partial charge in [-0.3, -0.25) is 0 Å². The number of phenolic OH excluding ortho intramolecular Hbond substituents is 1. The van der Waals surface area contributed by atoms with Crippen molar-refractivity contribution in [1.29, 1.82) is 0 Å². The molecule has 0 spiro atoms. The Hall–Kier alpha value is -1.50. The number of hydrogen-bond donors (Lipinski definition) is 1. The zero-order valence-corrected chi connectivity index (χ0v) is 16.6. The van der Waals surface area contributed by atoms with Crippen LogP contribution in [0, 0.1) is 5.92 Å². The topological polar surface area (TPSA) is 20.2 Å². The van der Waals surface area contributed by atoms with Crippen LogP contribution in [-0.4, -0.2) is 5.11 Å². The molecule has 0 radical (unpaired) electrons. The van der Waals surface area contributed by atoms with E-state index in [2.05, 4.69) is 25.1 Å². The van der Waals surface area contributed by atoms with E-state index < -0.39 is 0 Å². The van der Waals surface area contributed by atoms with Crippen molar-refractivity contribution < 1.29 is 5.11 Å². The van der Waals surface area contributed by atoms with E-state index in [4.69, 9.17) is 0 Å². The molecule has 2 aromatic rings. The summed E-state index contributed by atoms with van der Waals surface area (Å²) in [5.41, 5.74) is 1.50. The van der Waals surface area contributed by atoms with Gasteiger partial charge in [0.1, 0.15) is 5.75 Å². The molecule has 0 atom stereocenters. The van der Waals surface area contributed by atoms with Gasteiger partial charge in [-0.1, -0.05) is 82.6 Å². The van der Waals surface area contributed by atoms with Crippen LogP contribution in [0.4, 0.5) is 0 Å². The number of unbranched alkanes of at least 4 members (excludes halogenated alkanes) is 6. The summed E-state index contributed by atoms with van der Waals surface area (Å²) in [7, 11) is 0. The highest BCUT2D eigenvalue weighted by Crippen LogP contribution is 2.38. The molecule has 0 heterocycles. The van der Waals surface area contributed by atoms with Crippen molar-refractivity contribution >= 4 is 10.8 Å². The van der Waals surface area contributed by atoms with Crippen LogP contribution in [0.3, 0.4) is 0 Å². The predicted octanol–water partition coefficient (Wildman–Crippen LogP) is 7.96. The van der Waals surface area contributed by atoms with E-state index in [1.165, 1.54) is 88.0 Å². The molecule has 1 heteroatoms. The van der Waals surface area contributed by atoms with Gasteiger partial charge in [-0.15, -0.1) is 0 Å². The van der Waals surface area contributed by atoms with Crippen molar-refractivity contribution in [3.63, 3.8) is 0 Å². The lowest BCUT2D eigenvalue weighted by Crippen LogP contribution is -2.13. The Labute approximate surface area is 159 Å². The molecule has 0 saturated heterocycles. The molecule has 0 aromatic heterocycles. The Kier molecular flexibility index (Phi) is 7.41. The fourth-order valence-corrected chi connectivity index (χ4v) is 4.68. The van der Waals surface area contributed by atoms with Crippen LogP contribution in [0.1, 0.15) is 95.5 Å². The first-order valence-corrected chi connectivity index (χ1v) is 11.0. The second kappa shape index (κ2) is 10.00. The maximum atomic E-state index is 9.62. The van der Waals surface area contributed by atoms with Crippen LogP contribution in [0.2, 0.25) is 0 Å². The number of phenols is 1. The largest absolute Gasteiger partial charge is 0.508 e. The summed E-state index contributed by atoms with van der Waals surface area (Å²) in [6, 6.07) is 12.5. The van der Waals surface area contributed by atoms with Crippen molar-refractivity contribution in [3.8, 4) is 5.75 Å². The SMILES string of the molecule is CCCCCCCCCC1CCC(c2ccc3cc(O)ccc3c2)CC1. The summed E-state index contributed by atoms with van der Waals surface area (Å²) in [6.45, 7) is 2.29. The summed E-state index contributed by atoms with van der Waals surface area (Å²) in [4.78, 5) is 0. The van der Waals surface area contributed by atoms with E-state index in [1.54, 1.807) is 6.07 Å². The third-order valence-electron chi connectivity index (χ3n) is 6.38. The minimum atomic E-state index is 0.358. The average molecular weight is 353 g/mol. The van der Waals surface area contributed by atoms with E-state index in [9.17, 15) is 5.11 Å². The Morgan fingerprint density at radius 3 is 2.19 bits per heavy atom. The predicted molar refractivity (Wildman–Crippen MR) is 113 cm³/mol. The van der Waals surface area contributed by atoms with Gasteiger partial charge in [-0.25, -0.2) is 0 Å². The lowest BCUT2D eigenvalue weighted by atomic mass is 9.76. The summed E-state index contributed by atoms with van der Waals surface area (Å²) in [6.07, 6.45) is 17.0. The maximum Gasteiger partial charge on any atom is 0.116 e. The minimum Gasteiger partial charge on any atom is -0.508 e. The van der Waals surface area contributed by atoms with Gasteiger partial charge in [0.05, 0.1) is 0 Å². The van der Waals surface area contributed by atoms with E-state index >= 15 is 0 Å². The van der Waals surface area contributed by atoms with Gasteiger partial charge in [-0.05, 0) is 66.0 Å². The van der Waals surface area contributed by atoms with Crippen LogP contribution in [0.5, 0.6) is 5.75 Å². The van der Waals surface area contributed by atoms with Gasteiger partial charge in [0, 0.05) is 0 Å². The zero-order chi connectivity index (χ0) is 18.2. The van der Waals surface area contributed by atoms with Crippen LogP contribution < -0.4 is 0 Å². The van der Waals surface area contributed by atoms with Gasteiger partial charge in [0.15, 0.2) is 0 Å². The highest BCUT2D eigenvalue weighted by atomic mass is 16.3. The molecule has 3 rings (SSSR count). The van der Waals surface area contributed by atoms with Crippen molar-refractivity contribution in [2.75, 3.05) is 0 Å². The van der Waals surface area contributed by atoms with Crippen molar-refractivity contribution in [3.05, 3.63) is 42.0 Å². The van der Waals surface area contributed by atoms with Gasteiger partial charge in [0.25, 0.3) is 0 Å². The number of benzene rings is 2. The molecule has 1 aliphatic carbocycles. The van der Waals surface area contributed by atoms with E-state index in [-0.39, 0.29) is 0 Å². The number of aromatic hydroxyl groups is 1. The fraction of sp³-hybridized carbons (Fsp3) is 0.600. The number of hydrogen-bond acceptors (Lipinski definition) is 1. The number of fused-ring (bicyclic) bond motifs is 1. The molecule has 1 saturated carbocycles. The molecule has 0 aliphatic heterocycles. The monoisotopic (exact) mass is 352 g/mol. The number of rotatable bonds is 9. The summed E-state index contributed by atoms with van der Waals surface area (Å²) < 4.78 is 0. The maximum absolute atomic E-state index is 9.62. The van der Waals surface area contributed by atoms with Crippen molar-refractivity contribution in [2.24, 2.45) is 5.92 Å². The lowest BCUT2D eigenvalue weighted by Gasteiger charge is -2.29. The van der Waals surface area contributed by atoms with E-state index in [0.29, 0.717) is 5.75 Å². The second-order valence-corrected chi connectivity index (χ2v) is 8.42. The molecule has 0 amide bonds. The average Bonchev–Trinajstić information content (AvgIpc) is 2.67. The molecule has 26 heavy (non-hydrogen) atoms. The normalized spacial score (nSPS) is 20.5. The minimum absolute atomic E-state index is 0.358. The summed E-state index contributed by atoms with van der Waals surface area (Å²) in [5, 5.41) is 12.0. The quantitative estimate of drug-likeness (QED) is 0.454. The highest BCUT2D eigenvalue weighted by molar-refractivity contribution is 5.84. The van der Waals surface area contributed by atoms with Crippen LogP contribution >= 0.6 is 0 Å². The Morgan fingerprint density at radius 1 is 0.769 bits per heavy atom. The Morgan fingerprint density at radius 2 is 1.42 bits per heavy atom. The summed E-state index contributed by atoms with van der Waals surface area (Å²) in [5.74, 6) is 2.06. The van der Waals surface area contributed by atoms with Gasteiger partial charge in [0.2, 0.25) is 0 Å². The van der Waals surface area contributed by atoms with Gasteiger partial charge in [-0.2, -0.15) is 0 Å². The Balaban J connectivity index is 1.40. The molecule has 1 N–H and O–H groups in total. The molecular formula is C25H36O. The first-order valence-electron chi connectivity index (χ1n) is 11.0. The molecule has 1 fully saturated rings. The van der Waals surface area contributed by atoms with E-state index in [1.807, 2.05) is 12.1 Å². The third-order valence-corrected chi connectivity index (χ3v) is 6.38. The molecular weight excluding hydrogens is 316 g/mol. The summed E-state index contributed by atoms with van der Waals surface area (Å²) >= 11 is 0. The standard InChI is InChI=1S/C25H36O/c1-2-3-4-5-6-7-8-9-20-10-12-21(13-11-20)22-14-15-24-19-25(26)17-16-23(24)18-22/h14-21,26H,2-13H2,1H3. The lowest BCUT2D eigenvalue weighted by molar-refractivity contribution is 0.302. The van der Waals surface area contributed by atoms with Gasteiger partial charge >= 0.3 is 0 Å². The molecule has 142 valence electrons. The molecule has 1 aliphatic rings. The fourth-order valence-electron chi connectivity index (χ4n) is 4.68. The van der Waals surface area contributed by atoms with Crippen molar-refractivity contribution in [2.45, 2.75) is 89.9 Å². The third kappa shape index (κ3) is 5.50. The van der Waals surface area contributed by atoms with E-state index in [0.717, 1.165) is 17.2 Å². The molecule has 2 aromatic carbocycles. The smallest absolute Gasteiger partial charge is 0.116 e. The second-order valence-electron chi connectivity index (χ2n) is 8.42. The Bertz CT molecular complexity index is 667.